The average Bonchev–Trinajstić information content (AvgIpc) is 2.54. The second-order valence-electron chi connectivity index (χ2n) is 3.30. The molecule has 1 aromatic carbocycles. The summed E-state index contributed by atoms with van der Waals surface area (Å²) in [5.41, 5.74) is 1.86. The van der Waals surface area contributed by atoms with E-state index in [1.165, 1.54) is 0 Å². The number of rotatable bonds is 0. The van der Waals surface area contributed by atoms with Gasteiger partial charge in [0.05, 0.1) is 5.52 Å². The van der Waals surface area contributed by atoms with Crippen LogP contribution in [0.15, 0.2) is 41.3 Å². The van der Waals surface area contributed by atoms with Crippen molar-refractivity contribution >= 4 is 21.8 Å². The van der Waals surface area contributed by atoms with Crippen LogP contribution in [0.25, 0.3) is 21.8 Å². The van der Waals surface area contributed by atoms with Gasteiger partial charge in [-0.05, 0) is 6.07 Å². The lowest BCUT2D eigenvalue weighted by Gasteiger charge is -1.87. The van der Waals surface area contributed by atoms with Crippen LogP contribution in [0.3, 0.4) is 0 Å². The molecule has 0 saturated heterocycles. The fourth-order valence-corrected chi connectivity index (χ4v) is 1.77. The molecule has 0 bridgehead atoms. The van der Waals surface area contributed by atoms with E-state index in [1.54, 1.807) is 12.3 Å². The lowest BCUT2D eigenvalue weighted by molar-refractivity contribution is 1.26. The van der Waals surface area contributed by atoms with E-state index in [0.29, 0.717) is 0 Å². The molecule has 2 N–H and O–H groups in total. The molecule has 0 unspecified atom stereocenters. The molecule has 0 atom stereocenters. The van der Waals surface area contributed by atoms with Gasteiger partial charge in [-0.2, -0.15) is 0 Å². The van der Waals surface area contributed by atoms with Crippen LogP contribution in [0, 0.1) is 0 Å². The normalized spacial score (nSPS) is 11.1. The van der Waals surface area contributed by atoms with Crippen LogP contribution in [0.2, 0.25) is 0 Å². The number of fused-ring (bicyclic) bond motifs is 3. The fraction of sp³-hybridized carbons (Fsp3) is 0. The Kier molecular flexibility index (Phi) is 1.31. The number of para-hydroxylation sites is 1. The van der Waals surface area contributed by atoms with Crippen molar-refractivity contribution in [2.45, 2.75) is 0 Å². The van der Waals surface area contributed by atoms with Gasteiger partial charge in [-0.1, -0.05) is 18.2 Å². The predicted octanol–water partition coefficient (Wildman–Crippen LogP) is 2.01. The molecule has 68 valence electrons. The highest BCUT2D eigenvalue weighted by Crippen LogP contribution is 2.22. The first kappa shape index (κ1) is 7.38. The monoisotopic (exact) mass is 184 g/mol. The third-order valence-electron chi connectivity index (χ3n) is 2.41. The molecule has 3 rings (SSSR count). The predicted molar refractivity (Wildman–Crippen MR) is 56.4 cm³/mol. The number of benzene rings is 1. The molecule has 14 heavy (non-hydrogen) atoms. The molecule has 0 amide bonds. The van der Waals surface area contributed by atoms with Crippen LogP contribution in [0.1, 0.15) is 0 Å². The van der Waals surface area contributed by atoms with Crippen molar-refractivity contribution in [1.82, 2.24) is 9.97 Å². The number of pyridine rings is 1. The highest BCUT2D eigenvalue weighted by molar-refractivity contribution is 6.06. The molecule has 3 nitrogen and oxygen atoms in total. The fourth-order valence-electron chi connectivity index (χ4n) is 1.77. The van der Waals surface area contributed by atoms with Gasteiger partial charge in [-0.3, -0.25) is 4.79 Å². The van der Waals surface area contributed by atoms with Crippen molar-refractivity contribution in [3.05, 3.63) is 46.9 Å². The van der Waals surface area contributed by atoms with Crippen LogP contribution >= 0.6 is 0 Å². The zero-order chi connectivity index (χ0) is 9.54. The minimum Gasteiger partial charge on any atom is -0.354 e. The smallest absolute Gasteiger partial charge is 0.250 e. The standard InChI is InChI=1S/C11H8N2O/c14-11-5-10-8(6-12-11)7-3-1-2-4-9(7)13-10/h1-6,13H,(H,12,14). The van der Waals surface area contributed by atoms with E-state index >= 15 is 0 Å². The topological polar surface area (TPSA) is 48.6 Å². The van der Waals surface area contributed by atoms with Gasteiger partial charge in [0.2, 0.25) is 5.56 Å². The SMILES string of the molecule is O=c1cc2[nH]c3ccccc3c2c[nH]1. The molecule has 0 aliphatic rings. The Hall–Kier alpha value is -2.03. The summed E-state index contributed by atoms with van der Waals surface area (Å²) in [6.45, 7) is 0. The number of aromatic amines is 2. The van der Waals surface area contributed by atoms with E-state index in [2.05, 4.69) is 9.97 Å². The molecule has 3 heteroatoms. The molecule has 0 spiro atoms. The van der Waals surface area contributed by atoms with E-state index in [9.17, 15) is 4.79 Å². The second-order valence-corrected chi connectivity index (χ2v) is 3.30. The summed E-state index contributed by atoms with van der Waals surface area (Å²) in [7, 11) is 0. The molecule has 0 aliphatic heterocycles. The minimum absolute atomic E-state index is 0.0796. The van der Waals surface area contributed by atoms with E-state index in [0.717, 1.165) is 21.8 Å². The second kappa shape index (κ2) is 2.48. The summed E-state index contributed by atoms with van der Waals surface area (Å²) in [5, 5.41) is 2.19. The van der Waals surface area contributed by atoms with Crippen molar-refractivity contribution in [3.8, 4) is 0 Å². The molecule has 0 saturated carbocycles. The van der Waals surface area contributed by atoms with E-state index in [-0.39, 0.29) is 5.56 Å². The number of hydrogen-bond acceptors (Lipinski definition) is 1. The van der Waals surface area contributed by atoms with Gasteiger partial charge in [0.15, 0.2) is 0 Å². The van der Waals surface area contributed by atoms with Gasteiger partial charge >= 0.3 is 0 Å². The molecule has 0 radical (unpaired) electrons. The van der Waals surface area contributed by atoms with Crippen molar-refractivity contribution in [2.24, 2.45) is 0 Å². The average molecular weight is 184 g/mol. The number of H-pyrrole nitrogens is 2. The Morgan fingerprint density at radius 3 is 2.79 bits per heavy atom. The van der Waals surface area contributed by atoms with Crippen LogP contribution < -0.4 is 5.56 Å². The maximum Gasteiger partial charge on any atom is 0.250 e. The van der Waals surface area contributed by atoms with Crippen molar-refractivity contribution in [3.63, 3.8) is 0 Å². The van der Waals surface area contributed by atoms with Gasteiger partial charge in [0, 0.05) is 28.6 Å². The Morgan fingerprint density at radius 1 is 1.00 bits per heavy atom. The molecule has 2 aromatic heterocycles. The van der Waals surface area contributed by atoms with Crippen LogP contribution in [-0.4, -0.2) is 9.97 Å². The zero-order valence-corrected chi connectivity index (χ0v) is 7.37. The van der Waals surface area contributed by atoms with Gasteiger partial charge < -0.3 is 9.97 Å². The lowest BCUT2D eigenvalue weighted by atomic mass is 10.2. The summed E-state index contributed by atoms with van der Waals surface area (Å²) in [6, 6.07) is 9.57. The van der Waals surface area contributed by atoms with Crippen LogP contribution in [-0.2, 0) is 0 Å². The first-order valence-corrected chi connectivity index (χ1v) is 4.44. The molecule has 3 aromatic rings. The summed E-state index contributed by atoms with van der Waals surface area (Å²) in [6.07, 6.45) is 1.75. The van der Waals surface area contributed by atoms with Gasteiger partial charge in [0.1, 0.15) is 0 Å². The largest absolute Gasteiger partial charge is 0.354 e. The molecular weight excluding hydrogens is 176 g/mol. The van der Waals surface area contributed by atoms with Crippen molar-refractivity contribution in [2.75, 3.05) is 0 Å². The molecule has 0 fully saturated rings. The molecule has 0 aliphatic carbocycles. The summed E-state index contributed by atoms with van der Waals surface area (Å²) >= 11 is 0. The number of nitrogens with one attached hydrogen (secondary N) is 2. The Labute approximate surface area is 79.4 Å². The van der Waals surface area contributed by atoms with Crippen molar-refractivity contribution < 1.29 is 0 Å². The lowest BCUT2D eigenvalue weighted by Crippen LogP contribution is -2.00. The maximum absolute atomic E-state index is 11.1. The maximum atomic E-state index is 11.1. The minimum atomic E-state index is -0.0796. The third kappa shape index (κ3) is 0.893. The highest BCUT2D eigenvalue weighted by atomic mass is 16.1. The quantitative estimate of drug-likeness (QED) is 0.551. The molecule has 2 heterocycles. The third-order valence-corrected chi connectivity index (χ3v) is 2.41. The Morgan fingerprint density at radius 2 is 1.86 bits per heavy atom. The molecular formula is C11H8N2O. The first-order valence-electron chi connectivity index (χ1n) is 4.44. The van der Waals surface area contributed by atoms with Crippen molar-refractivity contribution in [1.29, 1.82) is 0 Å². The zero-order valence-electron chi connectivity index (χ0n) is 7.37. The van der Waals surface area contributed by atoms with E-state index in [1.807, 2.05) is 24.3 Å². The summed E-state index contributed by atoms with van der Waals surface area (Å²) in [5.74, 6) is 0. The highest BCUT2D eigenvalue weighted by Gasteiger charge is 2.02. The van der Waals surface area contributed by atoms with Crippen LogP contribution in [0.5, 0.6) is 0 Å². The number of aromatic nitrogens is 2. The number of hydrogen-bond donors (Lipinski definition) is 2. The van der Waals surface area contributed by atoms with Crippen LogP contribution in [0.4, 0.5) is 0 Å². The Balaban J connectivity index is 2.63. The Bertz CT molecular complexity index is 663. The van der Waals surface area contributed by atoms with Gasteiger partial charge in [0.25, 0.3) is 0 Å². The van der Waals surface area contributed by atoms with Gasteiger partial charge in [-0.25, -0.2) is 0 Å². The summed E-state index contributed by atoms with van der Waals surface area (Å²) < 4.78 is 0. The summed E-state index contributed by atoms with van der Waals surface area (Å²) in [4.78, 5) is 17.0. The first-order chi connectivity index (χ1) is 6.84. The van der Waals surface area contributed by atoms with Gasteiger partial charge in [-0.15, -0.1) is 0 Å². The van der Waals surface area contributed by atoms with E-state index in [4.69, 9.17) is 0 Å². The van der Waals surface area contributed by atoms with E-state index < -0.39 is 0 Å².